The highest BCUT2D eigenvalue weighted by Gasteiger charge is 2.03. The van der Waals surface area contributed by atoms with Crippen LogP contribution in [0.25, 0.3) is 0 Å². The van der Waals surface area contributed by atoms with E-state index in [-0.39, 0.29) is 6.10 Å². The maximum atomic E-state index is 5.53. The van der Waals surface area contributed by atoms with Gasteiger partial charge in [0.05, 0.1) is 19.4 Å². The number of hydrogen-bond donors (Lipinski definition) is 0. The molecule has 0 spiro atoms. The maximum Gasteiger partial charge on any atom is 0.213 e. The molecule has 3 heteroatoms. The van der Waals surface area contributed by atoms with Crippen LogP contribution >= 0.6 is 0 Å². The van der Waals surface area contributed by atoms with Crippen molar-refractivity contribution in [2.24, 2.45) is 0 Å². The van der Waals surface area contributed by atoms with Crippen molar-refractivity contribution < 1.29 is 9.47 Å². The third kappa shape index (κ3) is 2.61. The lowest BCUT2D eigenvalue weighted by atomic mass is 10.3. The van der Waals surface area contributed by atoms with Gasteiger partial charge in [-0.25, -0.2) is 4.98 Å². The van der Waals surface area contributed by atoms with Crippen LogP contribution in [-0.2, 0) is 0 Å². The van der Waals surface area contributed by atoms with Gasteiger partial charge in [0.15, 0.2) is 0 Å². The fourth-order valence-electron chi connectivity index (χ4n) is 1.01. The molecular formula is C10H15NO2. The van der Waals surface area contributed by atoms with E-state index < -0.39 is 0 Å². The first-order chi connectivity index (χ1) is 6.13. The molecule has 1 rings (SSSR count). The molecular weight excluding hydrogens is 166 g/mol. The first-order valence-corrected chi connectivity index (χ1v) is 4.30. The third-order valence-corrected chi connectivity index (χ3v) is 1.61. The lowest BCUT2D eigenvalue weighted by Crippen LogP contribution is -2.07. The monoisotopic (exact) mass is 181 g/mol. The second-order valence-corrected chi connectivity index (χ2v) is 3.16. The molecule has 0 N–H and O–H groups in total. The number of methoxy groups -OCH3 is 1. The molecule has 1 aromatic rings. The largest absolute Gasteiger partial charge is 0.489 e. The summed E-state index contributed by atoms with van der Waals surface area (Å²) in [6.45, 7) is 5.95. The molecule has 0 unspecified atom stereocenters. The van der Waals surface area contributed by atoms with Gasteiger partial charge in [-0.3, -0.25) is 0 Å². The second-order valence-electron chi connectivity index (χ2n) is 3.16. The van der Waals surface area contributed by atoms with Crippen molar-refractivity contribution in [2.45, 2.75) is 26.9 Å². The normalized spacial score (nSPS) is 10.2. The molecule has 0 aromatic carbocycles. The van der Waals surface area contributed by atoms with Crippen LogP contribution in [0.1, 0.15) is 19.4 Å². The summed E-state index contributed by atoms with van der Waals surface area (Å²) in [5.74, 6) is 1.43. The minimum atomic E-state index is 0.175. The number of rotatable bonds is 3. The van der Waals surface area contributed by atoms with Gasteiger partial charge in [0.1, 0.15) is 5.75 Å². The fraction of sp³-hybridized carbons (Fsp3) is 0.500. The van der Waals surface area contributed by atoms with Crippen LogP contribution in [0.3, 0.4) is 0 Å². The standard InChI is InChI=1S/C10H15NO2/c1-7(2)13-9-6-11-10(12-4)5-8(9)3/h5-7H,1-4H3. The predicted octanol–water partition coefficient (Wildman–Crippen LogP) is 2.19. The van der Waals surface area contributed by atoms with Gasteiger partial charge < -0.3 is 9.47 Å². The van der Waals surface area contributed by atoms with E-state index in [0.717, 1.165) is 11.3 Å². The van der Waals surface area contributed by atoms with Gasteiger partial charge in [0, 0.05) is 6.07 Å². The summed E-state index contributed by atoms with van der Waals surface area (Å²) in [7, 11) is 1.60. The lowest BCUT2D eigenvalue weighted by molar-refractivity contribution is 0.239. The first-order valence-electron chi connectivity index (χ1n) is 4.30. The number of pyridine rings is 1. The minimum Gasteiger partial charge on any atom is -0.489 e. The summed E-state index contributed by atoms with van der Waals surface area (Å²) in [6.07, 6.45) is 1.86. The number of hydrogen-bond acceptors (Lipinski definition) is 3. The molecule has 0 radical (unpaired) electrons. The highest BCUT2D eigenvalue weighted by atomic mass is 16.5. The van der Waals surface area contributed by atoms with Crippen molar-refractivity contribution in [1.29, 1.82) is 0 Å². The summed E-state index contributed by atoms with van der Waals surface area (Å²) < 4.78 is 10.5. The Bertz CT molecular complexity index is 284. The quantitative estimate of drug-likeness (QED) is 0.716. The van der Waals surface area contributed by atoms with E-state index in [9.17, 15) is 0 Å². The molecule has 1 heterocycles. The van der Waals surface area contributed by atoms with Crippen LogP contribution in [0.4, 0.5) is 0 Å². The molecule has 0 saturated carbocycles. The van der Waals surface area contributed by atoms with Gasteiger partial charge in [-0.2, -0.15) is 0 Å². The van der Waals surface area contributed by atoms with E-state index in [4.69, 9.17) is 9.47 Å². The van der Waals surface area contributed by atoms with E-state index in [0.29, 0.717) is 5.88 Å². The molecule has 0 aliphatic heterocycles. The molecule has 0 atom stereocenters. The Morgan fingerprint density at radius 2 is 2.08 bits per heavy atom. The van der Waals surface area contributed by atoms with Crippen molar-refractivity contribution in [3.63, 3.8) is 0 Å². The van der Waals surface area contributed by atoms with Crippen molar-refractivity contribution in [3.8, 4) is 11.6 Å². The van der Waals surface area contributed by atoms with Crippen LogP contribution in [0, 0.1) is 6.92 Å². The minimum absolute atomic E-state index is 0.175. The molecule has 0 aliphatic carbocycles. The van der Waals surface area contributed by atoms with Gasteiger partial charge in [-0.1, -0.05) is 0 Å². The van der Waals surface area contributed by atoms with Crippen LogP contribution in [-0.4, -0.2) is 18.2 Å². The highest BCUT2D eigenvalue weighted by molar-refractivity contribution is 5.33. The van der Waals surface area contributed by atoms with E-state index >= 15 is 0 Å². The zero-order valence-electron chi connectivity index (χ0n) is 8.50. The topological polar surface area (TPSA) is 31.4 Å². The Labute approximate surface area is 78.7 Å². The smallest absolute Gasteiger partial charge is 0.213 e. The van der Waals surface area contributed by atoms with E-state index in [2.05, 4.69) is 4.98 Å². The van der Waals surface area contributed by atoms with Crippen LogP contribution in [0.15, 0.2) is 12.3 Å². The molecule has 0 amide bonds. The van der Waals surface area contributed by atoms with Crippen molar-refractivity contribution >= 4 is 0 Å². The zero-order valence-corrected chi connectivity index (χ0v) is 8.50. The molecule has 0 saturated heterocycles. The zero-order chi connectivity index (χ0) is 9.84. The Kier molecular flexibility index (Phi) is 3.12. The number of aryl methyl sites for hydroxylation is 1. The highest BCUT2D eigenvalue weighted by Crippen LogP contribution is 2.20. The van der Waals surface area contributed by atoms with Gasteiger partial charge in [-0.15, -0.1) is 0 Å². The molecule has 0 fully saturated rings. The van der Waals surface area contributed by atoms with Gasteiger partial charge in [0.2, 0.25) is 5.88 Å². The summed E-state index contributed by atoms with van der Waals surface area (Å²) in [4.78, 5) is 4.06. The summed E-state index contributed by atoms with van der Waals surface area (Å²) in [6, 6.07) is 1.86. The Morgan fingerprint density at radius 3 is 2.54 bits per heavy atom. The molecule has 0 bridgehead atoms. The second kappa shape index (κ2) is 4.12. The summed E-state index contributed by atoms with van der Waals surface area (Å²) in [5.41, 5.74) is 1.04. The third-order valence-electron chi connectivity index (χ3n) is 1.61. The summed E-state index contributed by atoms with van der Waals surface area (Å²) in [5, 5.41) is 0. The van der Waals surface area contributed by atoms with Crippen LogP contribution in [0.2, 0.25) is 0 Å². The maximum absolute atomic E-state index is 5.53. The SMILES string of the molecule is COc1cc(C)c(OC(C)C)cn1. The first kappa shape index (κ1) is 9.84. The van der Waals surface area contributed by atoms with E-state index in [1.54, 1.807) is 13.3 Å². The lowest BCUT2D eigenvalue weighted by Gasteiger charge is -2.12. The number of aromatic nitrogens is 1. The van der Waals surface area contributed by atoms with E-state index in [1.165, 1.54) is 0 Å². The Balaban J connectivity index is 2.85. The molecule has 1 aromatic heterocycles. The van der Waals surface area contributed by atoms with E-state index in [1.807, 2.05) is 26.8 Å². The predicted molar refractivity (Wildman–Crippen MR) is 51.3 cm³/mol. The van der Waals surface area contributed by atoms with Crippen LogP contribution in [0.5, 0.6) is 11.6 Å². The Hall–Kier alpha value is -1.25. The average molecular weight is 181 g/mol. The Morgan fingerprint density at radius 1 is 1.38 bits per heavy atom. The van der Waals surface area contributed by atoms with Gasteiger partial charge in [-0.05, 0) is 26.3 Å². The van der Waals surface area contributed by atoms with Crippen molar-refractivity contribution in [1.82, 2.24) is 4.98 Å². The fourth-order valence-corrected chi connectivity index (χ4v) is 1.01. The molecule has 13 heavy (non-hydrogen) atoms. The van der Waals surface area contributed by atoms with Gasteiger partial charge >= 0.3 is 0 Å². The molecule has 0 aliphatic rings. The average Bonchev–Trinajstić information content (AvgIpc) is 2.08. The summed E-state index contributed by atoms with van der Waals surface area (Å²) >= 11 is 0. The number of nitrogens with zero attached hydrogens (tertiary/aromatic N) is 1. The number of ether oxygens (including phenoxy) is 2. The van der Waals surface area contributed by atoms with Crippen LogP contribution < -0.4 is 9.47 Å². The molecule has 72 valence electrons. The van der Waals surface area contributed by atoms with Crippen molar-refractivity contribution in [2.75, 3.05) is 7.11 Å². The van der Waals surface area contributed by atoms with Gasteiger partial charge in [0.25, 0.3) is 0 Å². The van der Waals surface area contributed by atoms with Crippen molar-refractivity contribution in [3.05, 3.63) is 17.8 Å². The molecule has 3 nitrogen and oxygen atoms in total.